The van der Waals surface area contributed by atoms with E-state index in [0.29, 0.717) is 12.2 Å². The second kappa shape index (κ2) is 4.85. The Morgan fingerprint density at radius 3 is 3.00 bits per heavy atom. The van der Waals surface area contributed by atoms with Crippen molar-refractivity contribution in [3.63, 3.8) is 0 Å². The van der Waals surface area contributed by atoms with Crippen LogP contribution < -0.4 is 0 Å². The van der Waals surface area contributed by atoms with Crippen molar-refractivity contribution < 1.29 is 14.5 Å². The predicted molar refractivity (Wildman–Crippen MR) is 60.9 cm³/mol. The maximum absolute atomic E-state index is 11.6. The first-order valence-corrected chi connectivity index (χ1v) is 6.14. The standard InChI is InChI=1S/C12H17NO4/c1-2-17-12(14)9-6-8-4-3-5-10(8)11(7-9)13(15)16/h6,8,10-11H,2-5,7H2,1H3. The average Bonchev–Trinajstić information content (AvgIpc) is 2.75. The summed E-state index contributed by atoms with van der Waals surface area (Å²) in [6, 6.07) is -0.605. The Kier molecular flexibility index (Phi) is 3.45. The summed E-state index contributed by atoms with van der Waals surface area (Å²) in [5, 5.41) is 11.0. The van der Waals surface area contributed by atoms with Gasteiger partial charge in [-0.05, 0) is 25.7 Å². The summed E-state index contributed by atoms with van der Waals surface area (Å²) in [5.74, 6) is -0.0774. The molecule has 5 heteroatoms. The molecule has 0 aromatic heterocycles. The van der Waals surface area contributed by atoms with E-state index in [2.05, 4.69) is 0 Å². The normalized spacial score (nSPS) is 31.6. The van der Waals surface area contributed by atoms with Crippen LogP contribution in [-0.4, -0.2) is 23.5 Å². The van der Waals surface area contributed by atoms with E-state index in [-0.39, 0.29) is 29.1 Å². The van der Waals surface area contributed by atoms with Crippen molar-refractivity contribution in [3.05, 3.63) is 21.8 Å². The van der Waals surface area contributed by atoms with Gasteiger partial charge in [-0.1, -0.05) is 12.5 Å². The highest BCUT2D eigenvalue weighted by molar-refractivity contribution is 5.88. The van der Waals surface area contributed by atoms with Gasteiger partial charge in [-0.25, -0.2) is 4.79 Å². The fourth-order valence-corrected chi connectivity index (χ4v) is 3.01. The Hall–Kier alpha value is -1.39. The fourth-order valence-electron chi connectivity index (χ4n) is 3.01. The molecule has 0 aromatic rings. The van der Waals surface area contributed by atoms with Crippen molar-refractivity contribution >= 4 is 5.97 Å². The maximum atomic E-state index is 11.6. The lowest BCUT2D eigenvalue weighted by molar-refractivity contribution is -0.533. The van der Waals surface area contributed by atoms with E-state index < -0.39 is 6.04 Å². The van der Waals surface area contributed by atoms with E-state index in [1.807, 2.05) is 6.08 Å². The van der Waals surface area contributed by atoms with E-state index in [9.17, 15) is 14.9 Å². The first-order valence-electron chi connectivity index (χ1n) is 6.14. The summed E-state index contributed by atoms with van der Waals surface area (Å²) in [6.07, 6.45) is 5.02. The first kappa shape index (κ1) is 12.1. The molecule has 17 heavy (non-hydrogen) atoms. The monoisotopic (exact) mass is 239 g/mol. The van der Waals surface area contributed by atoms with Crippen LogP contribution in [0.1, 0.15) is 32.6 Å². The van der Waals surface area contributed by atoms with Crippen molar-refractivity contribution in [1.29, 1.82) is 0 Å². The molecule has 0 radical (unpaired) electrons. The van der Waals surface area contributed by atoms with Crippen LogP contribution in [0.2, 0.25) is 0 Å². The van der Waals surface area contributed by atoms with Gasteiger partial charge in [-0.15, -0.1) is 0 Å². The minimum Gasteiger partial charge on any atom is -0.463 e. The van der Waals surface area contributed by atoms with Crippen LogP contribution in [0.5, 0.6) is 0 Å². The Balaban J connectivity index is 2.18. The van der Waals surface area contributed by atoms with Gasteiger partial charge in [0.25, 0.3) is 0 Å². The van der Waals surface area contributed by atoms with Gasteiger partial charge in [0, 0.05) is 22.8 Å². The fraction of sp³-hybridized carbons (Fsp3) is 0.750. The number of hydrogen-bond donors (Lipinski definition) is 0. The van der Waals surface area contributed by atoms with Crippen LogP contribution in [0.25, 0.3) is 0 Å². The molecule has 5 nitrogen and oxygen atoms in total. The number of esters is 1. The van der Waals surface area contributed by atoms with Gasteiger partial charge < -0.3 is 4.74 Å². The van der Waals surface area contributed by atoms with Gasteiger partial charge in [0.15, 0.2) is 0 Å². The molecule has 2 rings (SSSR count). The molecule has 3 unspecified atom stereocenters. The zero-order valence-electron chi connectivity index (χ0n) is 9.93. The SMILES string of the molecule is CCOC(=O)C1=CC2CCCC2C([N+](=O)[O-])C1. The lowest BCUT2D eigenvalue weighted by Gasteiger charge is -2.26. The second-order valence-corrected chi connectivity index (χ2v) is 4.73. The van der Waals surface area contributed by atoms with E-state index in [1.54, 1.807) is 6.92 Å². The Morgan fingerprint density at radius 1 is 1.59 bits per heavy atom. The highest BCUT2D eigenvalue weighted by atomic mass is 16.6. The van der Waals surface area contributed by atoms with Crippen molar-refractivity contribution in [2.75, 3.05) is 6.61 Å². The first-order chi connectivity index (χ1) is 8.13. The maximum Gasteiger partial charge on any atom is 0.333 e. The van der Waals surface area contributed by atoms with Gasteiger partial charge in [-0.2, -0.15) is 0 Å². The van der Waals surface area contributed by atoms with Crippen LogP contribution in [0.3, 0.4) is 0 Å². The summed E-state index contributed by atoms with van der Waals surface area (Å²) in [7, 11) is 0. The summed E-state index contributed by atoms with van der Waals surface area (Å²) in [4.78, 5) is 22.5. The molecule has 94 valence electrons. The number of hydrogen-bond acceptors (Lipinski definition) is 4. The van der Waals surface area contributed by atoms with Crippen molar-refractivity contribution in [2.45, 2.75) is 38.6 Å². The Labute approximate surface area is 100.0 Å². The van der Waals surface area contributed by atoms with Gasteiger partial charge >= 0.3 is 5.97 Å². The molecule has 0 aliphatic heterocycles. The number of allylic oxidation sites excluding steroid dienone is 1. The minimum absolute atomic E-state index is 0.114. The highest BCUT2D eigenvalue weighted by Crippen LogP contribution is 2.42. The smallest absolute Gasteiger partial charge is 0.333 e. The van der Waals surface area contributed by atoms with Crippen LogP contribution >= 0.6 is 0 Å². The quantitative estimate of drug-likeness (QED) is 0.428. The van der Waals surface area contributed by atoms with Gasteiger partial charge in [0.2, 0.25) is 6.04 Å². The van der Waals surface area contributed by atoms with Crippen LogP contribution in [0.4, 0.5) is 0 Å². The molecule has 0 bridgehead atoms. The molecule has 2 aliphatic rings. The summed E-state index contributed by atoms with van der Waals surface area (Å²) in [5.41, 5.74) is 0.497. The van der Waals surface area contributed by atoms with E-state index in [4.69, 9.17) is 4.74 Å². The summed E-state index contributed by atoms with van der Waals surface area (Å²) >= 11 is 0. The molecule has 0 aromatic carbocycles. The lowest BCUT2D eigenvalue weighted by Crippen LogP contribution is -2.36. The van der Waals surface area contributed by atoms with Crippen molar-refractivity contribution in [1.82, 2.24) is 0 Å². The molecule has 0 spiro atoms. The molecule has 3 atom stereocenters. The number of nitrogens with zero attached hydrogens (tertiary/aromatic N) is 1. The Morgan fingerprint density at radius 2 is 2.35 bits per heavy atom. The number of rotatable bonds is 3. The zero-order valence-corrected chi connectivity index (χ0v) is 9.93. The summed E-state index contributed by atoms with van der Waals surface area (Å²) in [6.45, 7) is 2.05. The topological polar surface area (TPSA) is 69.4 Å². The second-order valence-electron chi connectivity index (χ2n) is 4.73. The van der Waals surface area contributed by atoms with E-state index >= 15 is 0 Å². The average molecular weight is 239 g/mol. The molecular formula is C12H17NO4. The molecule has 1 saturated carbocycles. The molecule has 0 amide bonds. The summed E-state index contributed by atoms with van der Waals surface area (Å²) < 4.78 is 4.93. The van der Waals surface area contributed by atoms with Gasteiger partial charge in [0.1, 0.15) is 0 Å². The lowest BCUT2D eigenvalue weighted by atomic mass is 9.79. The molecule has 0 saturated heterocycles. The van der Waals surface area contributed by atoms with E-state index in [0.717, 1.165) is 19.3 Å². The third kappa shape index (κ3) is 2.33. The van der Waals surface area contributed by atoms with E-state index in [1.165, 1.54) is 0 Å². The number of carbonyl (C=O) groups excluding carboxylic acids is 1. The third-order valence-electron chi connectivity index (χ3n) is 3.77. The molecule has 0 heterocycles. The minimum atomic E-state index is -0.605. The molecule has 2 aliphatic carbocycles. The van der Waals surface area contributed by atoms with Crippen LogP contribution in [-0.2, 0) is 9.53 Å². The molecule has 1 fully saturated rings. The highest BCUT2D eigenvalue weighted by Gasteiger charge is 2.44. The third-order valence-corrected chi connectivity index (χ3v) is 3.77. The number of fused-ring (bicyclic) bond motifs is 1. The van der Waals surface area contributed by atoms with Crippen LogP contribution in [0, 0.1) is 22.0 Å². The Bertz CT molecular complexity index is 364. The zero-order chi connectivity index (χ0) is 12.4. The number of ether oxygens (including phenoxy) is 1. The molecular weight excluding hydrogens is 222 g/mol. The van der Waals surface area contributed by atoms with Gasteiger partial charge in [-0.3, -0.25) is 10.1 Å². The van der Waals surface area contributed by atoms with Gasteiger partial charge in [0.05, 0.1) is 6.61 Å². The van der Waals surface area contributed by atoms with Crippen LogP contribution in [0.15, 0.2) is 11.6 Å². The number of carbonyl (C=O) groups is 1. The number of nitro groups is 1. The van der Waals surface area contributed by atoms with Crippen molar-refractivity contribution in [2.24, 2.45) is 11.8 Å². The van der Waals surface area contributed by atoms with Crippen molar-refractivity contribution in [3.8, 4) is 0 Å². The predicted octanol–water partition coefficient (Wildman–Crippen LogP) is 1.94. The largest absolute Gasteiger partial charge is 0.463 e. The molecule has 0 N–H and O–H groups in total.